The zero-order valence-electron chi connectivity index (χ0n) is 10.7. The number of aliphatic hydroxyl groups excluding tert-OH is 2. The van der Waals surface area contributed by atoms with Crippen LogP contribution < -0.4 is 4.90 Å². The SMILES string of the molecule is O=C1[C@@H]2[C@@H]3C[C@@H]([C@H](O)[C@H]3O)[C@H]2C(=O)N1c1ccccc1. The molecule has 0 spiro atoms. The van der Waals surface area contributed by atoms with E-state index in [4.69, 9.17) is 0 Å². The maximum atomic E-state index is 12.6. The molecule has 2 amide bonds. The second-order valence-corrected chi connectivity index (χ2v) is 5.94. The lowest BCUT2D eigenvalue weighted by Crippen LogP contribution is -2.43. The lowest BCUT2D eigenvalue weighted by Gasteiger charge is -2.29. The maximum Gasteiger partial charge on any atom is 0.238 e. The van der Waals surface area contributed by atoms with Crippen molar-refractivity contribution in [1.29, 1.82) is 0 Å². The summed E-state index contributed by atoms with van der Waals surface area (Å²) in [5.74, 6) is -1.97. The van der Waals surface area contributed by atoms with E-state index in [0.717, 1.165) is 0 Å². The highest BCUT2D eigenvalue weighted by Crippen LogP contribution is 2.56. The molecular formula is C15H15NO4. The molecule has 20 heavy (non-hydrogen) atoms. The monoisotopic (exact) mass is 273 g/mol. The van der Waals surface area contributed by atoms with Crippen molar-refractivity contribution in [2.24, 2.45) is 23.7 Å². The van der Waals surface area contributed by atoms with Gasteiger partial charge in [0, 0.05) is 11.8 Å². The highest BCUT2D eigenvalue weighted by atomic mass is 16.3. The first-order valence-corrected chi connectivity index (χ1v) is 6.90. The third-order valence-electron chi connectivity index (χ3n) is 5.11. The number of para-hydroxylation sites is 1. The van der Waals surface area contributed by atoms with E-state index >= 15 is 0 Å². The molecule has 0 aromatic heterocycles. The molecule has 1 aromatic carbocycles. The van der Waals surface area contributed by atoms with Gasteiger partial charge in [-0.15, -0.1) is 0 Å². The second kappa shape index (κ2) is 3.90. The quantitative estimate of drug-likeness (QED) is 0.715. The standard InChI is InChI=1S/C15H15NO4/c17-12-8-6-9(13(12)18)11-10(8)14(19)16(15(11)20)7-4-2-1-3-5-7/h1-5,8-13,17-18H,6H2/t8-,9+,10-,11-,12+,13+/m1/s1. The normalized spacial score (nSPS) is 42.4. The summed E-state index contributed by atoms with van der Waals surface area (Å²) in [5.41, 5.74) is 0.570. The van der Waals surface area contributed by atoms with Crippen LogP contribution in [0.1, 0.15) is 6.42 Å². The van der Waals surface area contributed by atoms with Gasteiger partial charge in [0.25, 0.3) is 0 Å². The fourth-order valence-corrected chi connectivity index (χ4v) is 4.26. The molecule has 0 unspecified atom stereocenters. The molecule has 104 valence electrons. The minimum atomic E-state index is -0.881. The second-order valence-electron chi connectivity index (χ2n) is 5.94. The van der Waals surface area contributed by atoms with Gasteiger partial charge in [0.15, 0.2) is 0 Å². The number of nitrogens with zero attached hydrogens (tertiary/aromatic N) is 1. The van der Waals surface area contributed by atoms with Gasteiger partial charge in [0.05, 0.1) is 29.7 Å². The predicted molar refractivity (Wildman–Crippen MR) is 69.5 cm³/mol. The lowest BCUT2D eigenvalue weighted by molar-refractivity contribution is -0.129. The summed E-state index contributed by atoms with van der Waals surface area (Å²) < 4.78 is 0. The summed E-state index contributed by atoms with van der Waals surface area (Å²) in [6.07, 6.45) is -1.19. The van der Waals surface area contributed by atoms with Crippen LogP contribution in [0.5, 0.6) is 0 Å². The van der Waals surface area contributed by atoms with E-state index in [1.54, 1.807) is 24.3 Å². The van der Waals surface area contributed by atoms with E-state index < -0.39 is 24.0 Å². The highest BCUT2D eigenvalue weighted by Gasteiger charge is 2.67. The number of carbonyl (C=O) groups excluding carboxylic acids is 2. The Labute approximate surface area is 115 Å². The van der Waals surface area contributed by atoms with E-state index in [-0.39, 0.29) is 23.7 Å². The molecule has 2 saturated carbocycles. The van der Waals surface area contributed by atoms with Crippen molar-refractivity contribution in [1.82, 2.24) is 0 Å². The number of hydrogen-bond donors (Lipinski definition) is 2. The van der Waals surface area contributed by atoms with Crippen LogP contribution in [0.15, 0.2) is 30.3 Å². The fourth-order valence-electron chi connectivity index (χ4n) is 4.26. The smallest absolute Gasteiger partial charge is 0.238 e. The predicted octanol–water partition coefficient (Wildman–Crippen LogP) is 0.164. The molecule has 3 aliphatic rings. The molecule has 3 fully saturated rings. The minimum absolute atomic E-state index is 0.232. The third kappa shape index (κ3) is 1.29. The largest absolute Gasteiger partial charge is 0.390 e. The van der Waals surface area contributed by atoms with Crippen LogP contribution in [0.3, 0.4) is 0 Å². The van der Waals surface area contributed by atoms with E-state index in [0.29, 0.717) is 12.1 Å². The van der Waals surface area contributed by atoms with Gasteiger partial charge in [0.2, 0.25) is 11.8 Å². The first-order valence-electron chi connectivity index (χ1n) is 6.90. The number of fused-ring (bicyclic) bond motifs is 5. The van der Waals surface area contributed by atoms with Crippen molar-refractivity contribution in [3.05, 3.63) is 30.3 Å². The average molecular weight is 273 g/mol. The summed E-state index contributed by atoms with van der Waals surface area (Å²) in [7, 11) is 0. The number of amides is 2. The van der Waals surface area contributed by atoms with Crippen LogP contribution in [-0.4, -0.2) is 34.2 Å². The maximum absolute atomic E-state index is 12.6. The Morgan fingerprint density at radius 3 is 1.90 bits per heavy atom. The Bertz CT molecular complexity index is 555. The van der Waals surface area contributed by atoms with Crippen LogP contribution in [0, 0.1) is 23.7 Å². The van der Waals surface area contributed by atoms with E-state index in [2.05, 4.69) is 0 Å². The summed E-state index contributed by atoms with van der Waals surface area (Å²) in [4.78, 5) is 26.3. The Hall–Kier alpha value is -1.72. The van der Waals surface area contributed by atoms with Crippen LogP contribution in [0.4, 0.5) is 5.69 Å². The van der Waals surface area contributed by atoms with Crippen LogP contribution in [0.25, 0.3) is 0 Å². The summed E-state index contributed by atoms with van der Waals surface area (Å²) in [5, 5.41) is 19.9. The van der Waals surface area contributed by atoms with Crippen LogP contribution >= 0.6 is 0 Å². The van der Waals surface area contributed by atoms with Gasteiger partial charge in [-0.3, -0.25) is 14.5 Å². The van der Waals surface area contributed by atoms with Gasteiger partial charge in [-0.05, 0) is 18.6 Å². The Kier molecular flexibility index (Phi) is 2.35. The summed E-state index contributed by atoms with van der Waals surface area (Å²) in [6.45, 7) is 0. The molecule has 5 nitrogen and oxygen atoms in total. The van der Waals surface area contributed by atoms with Gasteiger partial charge in [-0.2, -0.15) is 0 Å². The number of imide groups is 1. The first kappa shape index (κ1) is 12.1. The molecule has 4 rings (SSSR count). The molecule has 6 atom stereocenters. The average Bonchev–Trinajstić information content (AvgIpc) is 3.05. The van der Waals surface area contributed by atoms with Crippen molar-refractivity contribution < 1.29 is 19.8 Å². The molecule has 5 heteroatoms. The molecule has 2 N–H and O–H groups in total. The molecule has 1 aliphatic heterocycles. The number of benzene rings is 1. The number of aliphatic hydroxyl groups is 2. The van der Waals surface area contributed by atoms with Crippen LogP contribution in [0.2, 0.25) is 0 Å². The van der Waals surface area contributed by atoms with Gasteiger partial charge < -0.3 is 10.2 Å². The fraction of sp³-hybridized carbons (Fsp3) is 0.467. The number of carbonyl (C=O) groups is 2. The zero-order chi connectivity index (χ0) is 14.0. The Morgan fingerprint density at radius 1 is 0.900 bits per heavy atom. The van der Waals surface area contributed by atoms with Crippen molar-refractivity contribution in [2.75, 3.05) is 4.90 Å². The van der Waals surface area contributed by atoms with Gasteiger partial charge in [-0.1, -0.05) is 18.2 Å². The van der Waals surface area contributed by atoms with Gasteiger partial charge in [0.1, 0.15) is 0 Å². The van der Waals surface area contributed by atoms with Crippen molar-refractivity contribution in [2.45, 2.75) is 18.6 Å². The molecule has 1 heterocycles. The van der Waals surface area contributed by atoms with E-state index in [1.165, 1.54) is 4.90 Å². The first-order chi connectivity index (χ1) is 9.61. The Morgan fingerprint density at radius 2 is 1.40 bits per heavy atom. The third-order valence-corrected chi connectivity index (χ3v) is 5.11. The van der Waals surface area contributed by atoms with Crippen molar-refractivity contribution in [3.63, 3.8) is 0 Å². The Balaban J connectivity index is 1.75. The van der Waals surface area contributed by atoms with Crippen molar-refractivity contribution in [3.8, 4) is 0 Å². The molecule has 0 radical (unpaired) electrons. The van der Waals surface area contributed by atoms with Gasteiger partial charge in [-0.25, -0.2) is 0 Å². The molecule has 1 saturated heterocycles. The van der Waals surface area contributed by atoms with Crippen molar-refractivity contribution >= 4 is 17.5 Å². The topological polar surface area (TPSA) is 77.8 Å². The molecule has 2 aliphatic carbocycles. The number of anilines is 1. The zero-order valence-corrected chi connectivity index (χ0v) is 10.7. The van der Waals surface area contributed by atoms with Gasteiger partial charge >= 0.3 is 0 Å². The number of hydrogen-bond acceptors (Lipinski definition) is 4. The van der Waals surface area contributed by atoms with Crippen LogP contribution in [-0.2, 0) is 9.59 Å². The number of rotatable bonds is 1. The molecule has 1 aromatic rings. The lowest BCUT2D eigenvalue weighted by atomic mass is 9.78. The summed E-state index contributed by atoms with van der Waals surface area (Å²) in [6, 6.07) is 8.84. The molecular weight excluding hydrogens is 258 g/mol. The van der Waals surface area contributed by atoms with E-state index in [1.807, 2.05) is 6.07 Å². The minimum Gasteiger partial charge on any atom is -0.390 e. The highest BCUT2D eigenvalue weighted by molar-refractivity contribution is 6.22. The molecule has 2 bridgehead atoms. The summed E-state index contributed by atoms with van der Waals surface area (Å²) >= 11 is 0. The van der Waals surface area contributed by atoms with E-state index in [9.17, 15) is 19.8 Å².